The highest BCUT2D eigenvalue weighted by Gasteiger charge is 2.40. The van der Waals surface area contributed by atoms with Crippen LogP contribution in [0.3, 0.4) is 0 Å². The largest absolute Gasteiger partial charge is 0.444 e. The van der Waals surface area contributed by atoms with E-state index in [1.54, 1.807) is 11.9 Å². The molecule has 114 valence electrons. The van der Waals surface area contributed by atoms with Crippen LogP contribution in [0, 0.1) is 11.8 Å². The molecule has 3 unspecified atom stereocenters. The molecule has 1 fully saturated rings. The molecule has 0 bridgehead atoms. The van der Waals surface area contributed by atoms with Crippen LogP contribution in [0.2, 0.25) is 0 Å². The zero-order valence-electron chi connectivity index (χ0n) is 13.2. The monoisotopic (exact) mass is 280 g/mol. The van der Waals surface area contributed by atoms with Gasteiger partial charge in [-0.15, -0.1) is 0 Å². The summed E-state index contributed by atoms with van der Waals surface area (Å²) in [6.45, 7) is 7.38. The predicted molar refractivity (Wildman–Crippen MR) is 80.6 cm³/mol. The Hall–Kier alpha value is -1.03. The fourth-order valence-electron chi connectivity index (χ4n) is 2.98. The van der Waals surface area contributed by atoms with E-state index < -0.39 is 5.60 Å². The number of ether oxygens (including phenoxy) is 1. The third-order valence-electron chi connectivity index (χ3n) is 4.14. The van der Waals surface area contributed by atoms with Gasteiger partial charge in [0.25, 0.3) is 0 Å². The highest BCUT2D eigenvalue weighted by atomic mass is 16.6. The molecule has 2 aliphatic carbocycles. The van der Waals surface area contributed by atoms with Gasteiger partial charge in [0.1, 0.15) is 5.60 Å². The molecule has 0 aromatic rings. The Kier molecular flexibility index (Phi) is 4.74. The normalized spacial score (nSPS) is 27.9. The molecule has 4 heteroatoms. The van der Waals surface area contributed by atoms with Crippen LogP contribution in [0.15, 0.2) is 12.2 Å². The van der Waals surface area contributed by atoms with Crippen molar-refractivity contribution in [3.63, 3.8) is 0 Å². The maximum atomic E-state index is 11.8. The number of nitrogens with one attached hydrogen (secondary N) is 1. The van der Waals surface area contributed by atoms with Gasteiger partial charge in [-0.1, -0.05) is 12.2 Å². The summed E-state index contributed by atoms with van der Waals surface area (Å²) in [6, 6.07) is 0.658. The predicted octanol–water partition coefficient (Wildman–Crippen LogP) is 2.80. The number of fused-ring (bicyclic) bond motifs is 1. The number of hydrogen-bond acceptors (Lipinski definition) is 3. The van der Waals surface area contributed by atoms with Crippen molar-refractivity contribution >= 4 is 6.09 Å². The average molecular weight is 280 g/mol. The van der Waals surface area contributed by atoms with Crippen molar-refractivity contribution in [3.8, 4) is 0 Å². The molecule has 0 radical (unpaired) electrons. The second-order valence-electron chi connectivity index (χ2n) is 7.05. The second-order valence-corrected chi connectivity index (χ2v) is 7.05. The number of nitrogens with zero attached hydrogens (tertiary/aromatic N) is 1. The second kappa shape index (κ2) is 6.17. The number of amides is 1. The topological polar surface area (TPSA) is 41.6 Å². The molecule has 2 aliphatic rings. The molecule has 0 saturated heterocycles. The van der Waals surface area contributed by atoms with Gasteiger partial charge in [0.15, 0.2) is 0 Å². The van der Waals surface area contributed by atoms with Crippen molar-refractivity contribution in [2.45, 2.75) is 51.7 Å². The van der Waals surface area contributed by atoms with Gasteiger partial charge in [-0.2, -0.15) is 0 Å². The molecular formula is C16H28N2O2. The maximum Gasteiger partial charge on any atom is 0.410 e. The zero-order chi connectivity index (χ0) is 14.8. The molecule has 0 aromatic carbocycles. The summed E-state index contributed by atoms with van der Waals surface area (Å²) in [5, 5.41) is 3.60. The van der Waals surface area contributed by atoms with Crippen molar-refractivity contribution < 1.29 is 9.53 Å². The van der Waals surface area contributed by atoms with E-state index in [0.717, 1.165) is 31.3 Å². The lowest BCUT2D eigenvalue weighted by molar-refractivity contribution is 0.0296. The first-order valence-corrected chi connectivity index (χ1v) is 7.71. The van der Waals surface area contributed by atoms with Crippen LogP contribution >= 0.6 is 0 Å². The highest BCUT2D eigenvalue weighted by Crippen LogP contribution is 2.42. The molecule has 1 saturated carbocycles. The minimum absolute atomic E-state index is 0.236. The van der Waals surface area contributed by atoms with E-state index in [1.165, 1.54) is 12.8 Å². The number of hydrogen-bond donors (Lipinski definition) is 1. The van der Waals surface area contributed by atoms with Gasteiger partial charge in [0.2, 0.25) is 0 Å². The summed E-state index contributed by atoms with van der Waals surface area (Å²) in [5.74, 6) is 1.66. The third-order valence-corrected chi connectivity index (χ3v) is 4.14. The van der Waals surface area contributed by atoms with Gasteiger partial charge >= 0.3 is 6.09 Å². The lowest BCUT2D eigenvalue weighted by atomic mass is 9.71. The van der Waals surface area contributed by atoms with Crippen LogP contribution in [-0.2, 0) is 4.74 Å². The van der Waals surface area contributed by atoms with Gasteiger partial charge in [-0.3, -0.25) is 0 Å². The lowest BCUT2D eigenvalue weighted by Gasteiger charge is -2.40. The van der Waals surface area contributed by atoms with Gasteiger partial charge in [-0.05, 0) is 58.4 Å². The molecule has 0 aromatic heterocycles. The van der Waals surface area contributed by atoms with Crippen molar-refractivity contribution in [3.05, 3.63) is 12.2 Å². The zero-order valence-corrected chi connectivity index (χ0v) is 13.2. The minimum Gasteiger partial charge on any atom is -0.444 e. The molecule has 20 heavy (non-hydrogen) atoms. The summed E-state index contributed by atoms with van der Waals surface area (Å²) in [5.41, 5.74) is -0.417. The minimum atomic E-state index is -0.417. The van der Waals surface area contributed by atoms with Crippen LogP contribution in [0.1, 0.15) is 40.0 Å². The fraction of sp³-hybridized carbons (Fsp3) is 0.812. The smallest absolute Gasteiger partial charge is 0.410 e. The standard InChI is InChI=1S/C16H28N2O2/c1-16(2,3)20-15(19)18(4)10-6-9-17-14-11-12-7-5-8-13(12)14/h5,8,12-14,17H,6-7,9-11H2,1-4H3. The van der Waals surface area contributed by atoms with Crippen molar-refractivity contribution in [1.29, 1.82) is 0 Å². The van der Waals surface area contributed by atoms with Crippen molar-refractivity contribution in [2.24, 2.45) is 11.8 Å². The summed E-state index contributed by atoms with van der Waals surface area (Å²) >= 11 is 0. The molecule has 4 nitrogen and oxygen atoms in total. The Morgan fingerprint density at radius 1 is 1.45 bits per heavy atom. The van der Waals surface area contributed by atoms with Gasteiger partial charge in [-0.25, -0.2) is 4.79 Å². The van der Waals surface area contributed by atoms with E-state index in [2.05, 4.69) is 17.5 Å². The van der Waals surface area contributed by atoms with E-state index >= 15 is 0 Å². The van der Waals surface area contributed by atoms with E-state index in [1.807, 2.05) is 20.8 Å². The molecule has 2 rings (SSSR count). The quantitative estimate of drug-likeness (QED) is 0.622. The first-order chi connectivity index (χ1) is 9.37. The van der Waals surface area contributed by atoms with Crippen LogP contribution in [-0.4, -0.2) is 42.8 Å². The van der Waals surface area contributed by atoms with Crippen molar-refractivity contribution in [2.75, 3.05) is 20.1 Å². The molecule has 3 atom stereocenters. The Bertz CT molecular complexity index is 373. The summed E-state index contributed by atoms with van der Waals surface area (Å²) in [7, 11) is 1.80. The van der Waals surface area contributed by atoms with Crippen molar-refractivity contribution in [1.82, 2.24) is 10.2 Å². The third kappa shape index (κ3) is 3.98. The van der Waals surface area contributed by atoms with Gasteiger partial charge < -0.3 is 15.0 Å². The number of carbonyl (C=O) groups is 1. The molecule has 1 amide bonds. The Morgan fingerprint density at radius 3 is 2.85 bits per heavy atom. The Morgan fingerprint density at radius 2 is 2.20 bits per heavy atom. The highest BCUT2D eigenvalue weighted by molar-refractivity contribution is 5.67. The number of carbonyl (C=O) groups excluding carboxylic acids is 1. The Labute approximate surface area is 122 Å². The van der Waals surface area contributed by atoms with E-state index in [-0.39, 0.29) is 6.09 Å². The van der Waals surface area contributed by atoms with Crippen LogP contribution < -0.4 is 5.32 Å². The molecule has 0 spiro atoms. The summed E-state index contributed by atoms with van der Waals surface area (Å²) in [4.78, 5) is 13.4. The summed E-state index contributed by atoms with van der Waals surface area (Å²) < 4.78 is 5.32. The molecular weight excluding hydrogens is 252 g/mol. The van der Waals surface area contributed by atoms with E-state index in [9.17, 15) is 4.79 Å². The Balaban J connectivity index is 1.56. The number of rotatable bonds is 5. The van der Waals surface area contributed by atoms with Gasteiger partial charge in [0.05, 0.1) is 0 Å². The van der Waals surface area contributed by atoms with E-state index in [4.69, 9.17) is 4.74 Å². The number of allylic oxidation sites excluding steroid dienone is 1. The van der Waals surface area contributed by atoms with Crippen LogP contribution in [0.5, 0.6) is 0 Å². The fourth-order valence-corrected chi connectivity index (χ4v) is 2.98. The van der Waals surface area contributed by atoms with Crippen LogP contribution in [0.25, 0.3) is 0 Å². The lowest BCUT2D eigenvalue weighted by Crippen LogP contribution is -2.48. The maximum absolute atomic E-state index is 11.8. The first-order valence-electron chi connectivity index (χ1n) is 7.71. The molecule has 0 aliphatic heterocycles. The van der Waals surface area contributed by atoms with E-state index in [0.29, 0.717) is 6.04 Å². The molecule has 1 N–H and O–H groups in total. The van der Waals surface area contributed by atoms with Crippen LogP contribution in [0.4, 0.5) is 4.79 Å². The SMILES string of the molecule is CN(CCCNC1CC2CC=CC21)C(=O)OC(C)(C)C. The summed E-state index contributed by atoms with van der Waals surface area (Å²) in [6.07, 6.45) is 7.98. The molecule has 0 heterocycles. The van der Waals surface area contributed by atoms with Gasteiger partial charge in [0, 0.05) is 19.6 Å². The average Bonchev–Trinajstić information content (AvgIpc) is 2.68. The first kappa shape index (κ1) is 15.4.